The van der Waals surface area contributed by atoms with Crippen LogP contribution in [0.2, 0.25) is 10.0 Å². The number of rotatable bonds is 4. The number of benzene rings is 1. The van der Waals surface area contributed by atoms with Gasteiger partial charge in [0, 0.05) is 25.1 Å². The second kappa shape index (κ2) is 6.55. The minimum atomic E-state index is -3.70. The standard InChI is InChI=1S/C14H15Cl2NO3S/c1-17(11-5-6-11)21(19,20)14-12(15)8-10(9-13(14)16)4-2-3-7-18/h8-9,11,18H,3,5-7H2,1H3. The van der Waals surface area contributed by atoms with E-state index in [0.29, 0.717) is 12.0 Å². The molecule has 0 spiro atoms. The maximum atomic E-state index is 12.5. The second-order valence-corrected chi connectivity index (χ2v) is 7.55. The molecule has 1 fully saturated rings. The van der Waals surface area contributed by atoms with Gasteiger partial charge in [-0.2, -0.15) is 4.31 Å². The highest BCUT2D eigenvalue weighted by molar-refractivity contribution is 7.89. The van der Waals surface area contributed by atoms with E-state index in [1.807, 2.05) is 0 Å². The highest BCUT2D eigenvalue weighted by Crippen LogP contribution is 2.36. The lowest BCUT2D eigenvalue weighted by atomic mass is 10.2. The van der Waals surface area contributed by atoms with Gasteiger partial charge in [-0.1, -0.05) is 35.0 Å². The summed E-state index contributed by atoms with van der Waals surface area (Å²) in [7, 11) is -2.16. The SMILES string of the molecule is CN(C1CC1)S(=O)(=O)c1c(Cl)cc(C#CCCO)cc1Cl. The number of aliphatic hydroxyl groups is 1. The average Bonchev–Trinajstić information content (AvgIpc) is 3.21. The summed E-state index contributed by atoms with van der Waals surface area (Å²) in [5.74, 6) is 5.52. The van der Waals surface area contributed by atoms with Crippen molar-refractivity contribution in [3.63, 3.8) is 0 Å². The molecule has 0 atom stereocenters. The van der Waals surface area contributed by atoms with Crippen LogP contribution < -0.4 is 0 Å². The predicted molar refractivity (Wildman–Crippen MR) is 83.0 cm³/mol. The van der Waals surface area contributed by atoms with Gasteiger partial charge in [0.1, 0.15) is 4.90 Å². The maximum Gasteiger partial charge on any atom is 0.246 e. The minimum absolute atomic E-state index is 0.0335. The van der Waals surface area contributed by atoms with Crippen molar-refractivity contribution in [1.82, 2.24) is 4.31 Å². The van der Waals surface area contributed by atoms with Crippen molar-refractivity contribution in [2.75, 3.05) is 13.7 Å². The molecular weight excluding hydrogens is 333 g/mol. The third-order valence-corrected chi connectivity index (χ3v) is 6.00. The van der Waals surface area contributed by atoms with Crippen LogP contribution in [0.5, 0.6) is 0 Å². The Balaban J connectivity index is 2.40. The Morgan fingerprint density at radius 1 is 1.33 bits per heavy atom. The van der Waals surface area contributed by atoms with Crippen molar-refractivity contribution in [3.8, 4) is 11.8 Å². The molecule has 0 heterocycles. The first kappa shape index (κ1) is 16.6. The monoisotopic (exact) mass is 347 g/mol. The van der Waals surface area contributed by atoms with Crippen LogP contribution in [0.1, 0.15) is 24.8 Å². The van der Waals surface area contributed by atoms with Crippen molar-refractivity contribution < 1.29 is 13.5 Å². The molecule has 21 heavy (non-hydrogen) atoms. The predicted octanol–water partition coefficient (Wildman–Crippen LogP) is 2.51. The van der Waals surface area contributed by atoms with Crippen LogP contribution in [0.3, 0.4) is 0 Å². The van der Waals surface area contributed by atoms with Crippen molar-refractivity contribution in [1.29, 1.82) is 0 Å². The van der Waals surface area contributed by atoms with Crippen LogP contribution in [-0.2, 0) is 10.0 Å². The topological polar surface area (TPSA) is 57.6 Å². The van der Waals surface area contributed by atoms with Gasteiger partial charge < -0.3 is 5.11 Å². The molecule has 1 N–H and O–H groups in total. The molecule has 0 radical (unpaired) electrons. The third kappa shape index (κ3) is 3.71. The molecule has 1 aromatic carbocycles. The molecule has 2 rings (SSSR count). The fourth-order valence-corrected chi connectivity index (χ4v) is 4.45. The lowest BCUT2D eigenvalue weighted by Crippen LogP contribution is -2.29. The van der Waals surface area contributed by atoms with Crippen LogP contribution in [0.25, 0.3) is 0 Å². The molecule has 1 saturated carbocycles. The van der Waals surface area contributed by atoms with Gasteiger partial charge in [0.15, 0.2) is 0 Å². The number of hydrogen-bond acceptors (Lipinski definition) is 3. The Morgan fingerprint density at radius 3 is 2.38 bits per heavy atom. The van der Waals surface area contributed by atoms with Crippen molar-refractivity contribution in [2.24, 2.45) is 0 Å². The molecule has 1 aliphatic carbocycles. The van der Waals surface area contributed by atoms with E-state index in [1.165, 1.54) is 23.5 Å². The molecule has 7 heteroatoms. The molecule has 0 bridgehead atoms. The lowest BCUT2D eigenvalue weighted by molar-refractivity contribution is 0.305. The first-order valence-electron chi connectivity index (χ1n) is 6.44. The molecule has 0 aromatic heterocycles. The number of sulfonamides is 1. The Labute approximate surface area is 134 Å². The molecule has 0 unspecified atom stereocenters. The number of nitrogens with zero attached hydrogens (tertiary/aromatic N) is 1. The van der Waals surface area contributed by atoms with Crippen LogP contribution in [0.15, 0.2) is 17.0 Å². The van der Waals surface area contributed by atoms with Gasteiger partial charge in [-0.05, 0) is 25.0 Å². The van der Waals surface area contributed by atoms with Crippen LogP contribution in [-0.4, -0.2) is 37.5 Å². The molecular formula is C14H15Cl2NO3S. The Bertz CT molecular complexity index is 680. The third-order valence-electron chi connectivity index (χ3n) is 3.17. The van der Waals surface area contributed by atoms with Gasteiger partial charge in [0.2, 0.25) is 10.0 Å². The molecule has 1 aromatic rings. The number of halogens is 2. The Hall–Kier alpha value is -0.770. The van der Waals surface area contributed by atoms with Crippen molar-refractivity contribution in [2.45, 2.75) is 30.2 Å². The normalized spacial score (nSPS) is 14.9. The van der Waals surface area contributed by atoms with Crippen molar-refractivity contribution >= 4 is 33.2 Å². The van der Waals surface area contributed by atoms with E-state index in [9.17, 15) is 8.42 Å². The highest BCUT2D eigenvalue weighted by atomic mass is 35.5. The zero-order valence-corrected chi connectivity index (χ0v) is 13.8. The molecule has 0 aliphatic heterocycles. The van der Waals surface area contributed by atoms with Crippen LogP contribution >= 0.6 is 23.2 Å². The first-order valence-corrected chi connectivity index (χ1v) is 8.64. The van der Waals surface area contributed by atoms with E-state index in [2.05, 4.69) is 11.8 Å². The average molecular weight is 348 g/mol. The Kier molecular flexibility index (Phi) is 5.18. The van der Waals surface area contributed by atoms with Gasteiger partial charge in [-0.15, -0.1) is 0 Å². The van der Waals surface area contributed by atoms with Gasteiger partial charge >= 0.3 is 0 Å². The molecule has 0 amide bonds. The zero-order chi connectivity index (χ0) is 15.6. The quantitative estimate of drug-likeness (QED) is 0.851. The molecule has 4 nitrogen and oxygen atoms in total. The smallest absolute Gasteiger partial charge is 0.246 e. The van der Waals surface area contributed by atoms with Gasteiger partial charge in [0.05, 0.1) is 16.7 Å². The fraction of sp³-hybridized carbons (Fsp3) is 0.429. The minimum Gasteiger partial charge on any atom is -0.395 e. The molecule has 114 valence electrons. The largest absolute Gasteiger partial charge is 0.395 e. The summed E-state index contributed by atoms with van der Waals surface area (Å²) in [4.78, 5) is -0.0760. The molecule has 0 saturated heterocycles. The number of hydrogen-bond donors (Lipinski definition) is 1. The van der Waals surface area contributed by atoms with Gasteiger partial charge in [0.25, 0.3) is 0 Å². The van der Waals surface area contributed by atoms with Crippen LogP contribution in [0.4, 0.5) is 0 Å². The maximum absolute atomic E-state index is 12.5. The first-order chi connectivity index (χ1) is 9.87. The van der Waals surface area contributed by atoms with E-state index in [4.69, 9.17) is 28.3 Å². The van der Waals surface area contributed by atoms with Crippen LogP contribution in [0, 0.1) is 11.8 Å². The highest BCUT2D eigenvalue weighted by Gasteiger charge is 2.37. The number of aliphatic hydroxyl groups excluding tert-OH is 1. The Morgan fingerprint density at radius 2 is 1.90 bits per heavy atom. The fourth-order valence-electron chi connectivity index (χ4n) is 1.88. The van der Waals surface area contributed by atoms with E-state index in [0.717, 1.165) is 12.8 Å². The van der Waals surface area contributed by atoms with Crippen molar-refractivity contribution in [3.05, 3.63) is 27.7 Å². The summed E-state index contributed by atoms with van der Waals surface area (Å²) in [6.07, 6.45) is 2.05. The lowest BCUT2D eigenvalue weighted by Gasteiger charge is -2.18. The van der Waals surface area contributed by atoms with E-state index >= 15 is 0 Å². The van der Waals surface area contributed by atoms with E-state index in [-0.39, 0.29) is 27.6 Å². The second-order valence-electron chi connectivity index (χ2n) is 4.80. The summed E-state index contributed by atoms with van der Waals surface area (Å²) >= 11 is 12.2. The zero-order valence-electron chi connectivity index (χ0n) is 11.4. The van der Waals surface area contributed by atoms with Gasteiger partial charge in [-0.25, -0.2) is 8.42 Å². The summed E-state index contributed by atoms with van der Waals surface area (Å²) < 4.78 is 26.3. The van der Waals surface area contributed by atoms with E-state index < -0.39 is 10.0 Å². The van der Waals surface area contributed by atoms with E-state index in [1.54, 1.807) is 0 Å². The molecule has 1 aliphatic rings. The summed E-state index contributed by atoms with van der Waals surface area (Å²) in [6, 6.07) is 2.99. The summed E-state index contributed by atoms with van der Waals surface area (Å²) in [5.41, 5.74) is 0.520. The van der Waals surface area contributed by atoms with Gasteiger partial charge in [-0.3, -0.25) is 0 Å². The summed E-state index contributed by atoms with van der Waals surface area (Å²) in [6.45, 7) is -0.0346. The summed E-state index contributed by atoms with van der Waals surface area (Å²) in [5, 5.41) is 8.80.